The Morgan fingerprint density at radius 3 is 2.63 bits per heavy atom. The molecular weight excluding hydrogens is 260 g/mol. The molecule has 1 aromatic carbocycles. The number of aromatic nitrogens is 2. The third kappa shape index (κ3) is 1.98. The maximum Gasteiger partial charge on any atom is 0.346 e. The summed E-state index contributed by atoms with van der Waals surface area (Å²) in [6.07, 6.45) is 4.97. The van der Waals surface area contributed by atoms with Crippen molar-refractivity contribution in [3.8, 4) is 11.1 Å². The van der Waals surface area contributed by atoms with Crippen LogP contribution in [-0.2, 0) is 0 Å². The fourth-order valence-electron chi connectivity index (χ4n) is 2.05. The largest absolute Gasteiger partial charge is 0.477 e. The van der Waals surface area contributed by atoms with Crippen LogP contribution in [0.25, 0.3) is 21.2 Å². The SMILES string of the molecule is Cc1c(C(=O)O)sc2ccc(-c3cncnc3)cc12. The summed E-state index contributed by atoms with van der Waals surface area (Å²) in [5.41, 5.74) is 2.73. The second-order valence-corrected chi connectivity index (χ2v) is 5.25. The lowest BCUT2D eigenvalue weighted by Crippen LogP contribution is -1.93. The van der Waals surface area contributed by atoms with Crippen molar-refractivity contribution < 1.29 is 9.90 Å². The lowest BCUT2D eigenvalue weighted by atomic mass is 10.0. The van der Waals surface area contributed by atoms with Crippen LogP contribution in [-0.4, -0.2) is 21.0 Å². The molecule has 2 aromatic heterocycles. The first-order valence-electron chi connectivity index (χ1n) is 5.68. The summed E-state index contributed by atoms with van der Waals surface area (Å²) in [5, 5.41) is 10.1. The van der Waals surface area contributed by atoms with Crippen LogP contribution in [0.5, 0.6) is 0 Å². The number of thiophene rings is 1. The maximum atomic E-state index is 11.1. The highest BCUT2D eigenvalue weighted by molar-refractivity contribution is 7.21. The fraction of sp³-hybridized carbons (Fsp3) is 0.0714. The van der Waals surface area contributed by atoms with Crippen molar-refractivity contribution in [3.05, 3.63) is 47.4 Å². The Bertz CT molecular complexity index is 766. The summed E-state index contributed by atoms with van der Waals surface area (Å²) in [7, 11) is 0. The molecule has 4 nitrogen and oxygen atoms in total. The standard InChI is InChI=1S/C14H10N2O2S/c1-8-11-4-9(10-5-15-7-16-6-10)2-3-12(11)19-13(8)14(17)18/h2-7H,1H3,(H,17,18). The molecule has 0 saturated carbocycles. The molecule has 0 aliphatic carbocycles. The predicted molar refractivity (Wildman–Crippen MR) is 74.5 cm³/mol. The summed E-state index contributed by atoms with van der Waals surface area (Å²) in [4.78, 5) is 19.5. The Morgan fingerprint density at radius 1 is 1.21 bits per heavy atom. The van der Waals surface area contributed by atoms with Crippen LogP contribution in [0.4, 0.5) is 0 Å². The van der Waals surface area contributed by atoms with Gasteiger partial charge in [0.1, 0.15) is 11.2 Å². The summed E-state index contributed by atoms with van der Waals surface area (Å²) in [6, 6.07) is 5.90. The van der Waals surface area contributed by atoms with E-state index in [0.717, 1.165) is 26.8 Å². The second-order valence-electron chi connectivity index (χ2n) is 4.20. The zero-order valence-electron chi connectivity index (χ0n) is 10.1. The summed E-state index contributed by atoms with van der Waals surface area (Å²) < 4.78 is 0.982. The van der Waals surface area contributed by atoms with Crippen molar-refractivity contribution >= 4 is 27.4 Å². The number of carboxylic acids is 1. The van der Waals surface area contributed by atoms with Gasteiger partial charge in [0.05, 0.1) is 0 Å². The van der Waals surface area contributed by atoms with Crippen molar-refractivity contribution in [2.75, 3.05) is 0 Å². The number of rotatable bonds is 2. The smallest absolute Gasteiger partial charge is 0.346 e. The molecule has 0 bridgehead atoms. The number of nitrogens with zero attached hydrogens (tertiary/aromatic N) is 2. The molecule has 1 N–H and O–H groups in total. The van der Waals surface area contributed by atoms with E-state index in [4.69, 9.17) is 5.11 Å². The zero-order valence-corrected chi connectivity index (χ0v) is 10.9. The molecular formula is C14H10N2O2S. The molecule has 0 amide bonds. The molecule has 0 radical (unpaired) electrons. The monoisotopic (exact) mass is 270 g/mol. The van der Waals surface area contributed by atoms with Gasteiger partial charge in [0, 0.05) is 22.7 Å². The van der Waals surface area contributed by atoms with Crippen LogP contribution in [0.1, 0.15) is 15.2 Å². The van der Waals surface area contributed by atoms with E-state index in [1.807, 2.05) is 25.1 Å². The number of hydrogen-bond acceptors (Lipinski definition) is 4. The minimum atomic E-state index is -0.872. The lowest BCUT2D eigenvalue weighted by Gasteiger charge is -2.01. The van der Waals surface area contributed by atoms with Crippen molar-refractivity contribution in [3.63, 3.8) is 0 Å². The molecule has 5 heteroatoms. The number of carbonyl (C=O) groups is 1. The van der Waals surface area contributed by atoms with Gasteiger partial charge < -0.3 is 5.11 Å². The quantitative estimate of drug-likeness (QED) is 0.775. The predicted octanol–water partition coefficient (Wildman–Crippen LogP) is 3.36. The molecule has 0 aliphatic rings. The molecule has 0 fully saturated rings. The van der Waals surface area contributed by atoms with E-state index in [1.165, 1.54) is 17.7 Å². The number of hydrogen-bond donors (Lipinski definition) is 1. The summed E-state index contributed by atoms with van der Waals surface area (Å²) >= 11 is 1.31. The van der Waals surface area contributed by atoms with Gasteiger partial charge in [-0.25, -0.2) is 14.8 Å². The average Bonchev–Trinajstić information content (AvgIpc) is 2.77. The van der Waals surface area contributed by atoms with Crippen molar-refractivity contribution in [2.45, 2.75) is 6.92 Å². The first-order valence-corrected chi connectivity index (χ1v) is 6.50. The van der Waals surface area contributed by atoms with Crippen LogP contribution in [0.3, 0.4) is 0 Å². The van der Waals surface area contributed by atoms with Crippen molar-refractivity contribution in [1.29, 1.82) is 0 Å². The van der Waals surface area contributed by atoms with Gasteiger partial charge in [0.2, 0.25) is 0 Å². The van der Waals surface area contributed by atoms with Crippen LogP contribution in [0, 0.1) is 6.92 Å². The normalized spacial score (nSPS) is 10.8. The third-order valence-corrected chi connectivity index (χ3v) is 4.29. The number of carboxylic acid groups (broad SMARTS) is 1. The minimum absolute atomic E-state index is 0.400. The molecule has 0 spiro atoms. The molecule has 2 heterocycles. The first-order chi connectivity index (χ1) is 9.16. The van der Waals surface area contributed by atoms with E-state index in [1.54, 1.807) is 12.4 Å². The van der Waals surface area contributed by atoms with Gasteiger partial charge in [-0.15, -0.1) is 11.3 Å². The molecule has 0 saturated heterocycles. The van der Waals surface area contributed by atoms with Gasteiger partial charge in [-0.05, 0) is 35.6 Å². The topological polar surface area (TPSA) is 63.1 Å². The minimum Gasteiger partial charge on any atom is -0.477 e. The van der Waals surface area contributed by atoms with Gasteiger partial charge in [-0.1, -0.05) is 6.07 Å². The second kappa shape index (κ2) is 4.44. The van der Waals surface area contributed by atoms with E-state index in [2.05, 4.69) is 9.97 Å². The van der Waals surface area contributed by atoms with Crippen LogP contribution < -0.4 is 0 Å². The molecule has 0 unspecified atom stereocenters. The average molecular weight is 270 g/mol. The van der Waals surface area contributed by atoms with Crippen molar-refractivity contribution in [1.82, 2.24) is 9.97 Å². The Kier molecular flexibility index (Phi) is 2.76. The number of aromatic carboxylic acids is 1. The van der Waals surface area contributed by atoms with Crippen LogP contribution >= 0.6 is 11.3 Å². The third-order valence-electron chi connectivity index (χ3n) is 3.02. The molecule has 3 aromatic rings. The Hall–Kier alpha value is -2.27. The summed E-state index contributed by atoms with van der Waals surface area (Å²) in [6.45, 7) is 1.84. The molecule has 0 atom stereocenters. The number of aryl methyl sites for hydroxylation is 1. The molecule has 19 heavy (non-hydrogen) atoms. The molecule has 94 valence electrons. The first kappa shape index (κ1) is 11.8. The number of fused-ring (bicyclic) bond motifs is 1. The lowest BCUT2D eigenvalue weighted by molar-refractivity contribution is 0.0701. The highest BCUT2D eigenvalue weighted by Gasteiger charge is 2.14. The van der Waals surface area contributed by atoms with E-state index >= 15 is 0 Å². The molecule has 0 aliphatic heterocycles. The van der Waals surface area contributed by atoms with E-state index in [0.29, 0.717) is 4.88 Å². The molecule has 3 rings (SSSR count). The van der Waals surface area contributed by atoms with Crippen molar-refractivity contribution in [2.24, 2.45) is 0 Å². The van der Waals surface area contributed by atoms with Gasteiger partial charge in [0.15, 0.2) is 0 Å². The maximum absolute atomic E-state index is 11.1. The van der Waals surface area contributed by atoms with Gasteiger partial charge in [-0.3, -0.25) is 0 Å². The summed E-state index contributed by atoms with van der Waals surface area (Å²) in [5.74, 6) is -0.872. The van der Waals surface area contributed by atoms with Crippen LogP contribution in [0.15, 0.2) is 36.9 Å². The highest BCUT2D eigenvalue weighted by atomic mass is 32.1. The Balaban J connectivity index is 2.21. The Labute approximate surface area is 113 Å². The van der Waals surface area contributed by atoms with Gasteiger partial charge in [-0.2, -0.15) is 0 Å². The van der Waals surface area contributed by atoms with E-state index in [9.17, 15) is 4.79 Å². The van der Waals surface area contributed by atoms with Gasteiger partial charge >= 0.3 is 5.97 Å². The van der Waals surface area contributed by atoms with E-state index < -0.39 is 5.97 Å². The highest BCUT2D eigenvalue weighted by Crippen LogP contribution is 2.33. The van der Waals surface area contributed by atoms with Gasteiger partial charge in [0.25, 0.3) is 0 Å². The zero-order chi connectivity index (χ0) is 13.4. The fourth-order valence-corrected chi connectivity index (χ4v) is 3.08. The Morgan fingerprint density at radius 2 is 1.95 bits per heavy atom. The van der Waals surface area contributed by atoms with Crippen LogP contribution in [0.2, 0.25) is 0 Å². The van der Waals surface area contributed by atoms with E-state index in [-0.39, 0.29) is 0 Å². The number of benzene rings is 1.